The quantitative estimate of drug-likeness (QED) is 0.832. The monoisotopic (exact) mass is 348 g/mol. The summed E-state index contributed by atoms with van der Waals surface area (Å²) in [4.78, 5) is 0.388. The third kappa shape index (κ3) is 3.37. The molecule has 1 fully saturated rings. The van der Waals surface area contributed by atoms with Crippen molar-refractivity contribution in [3.8, 4) is 0 Å². The standard InChI is InChI=1S/C17H24N4O2S/c1-3-4-14-5-7-16(8-6-14)24(22,23)21-11-9-15(10-12-21)17-19-18-13-20(17)2/h5-8,13,15H,3-4,9-12H2,1-2H3. The van der Waals surface area contributed by atoms with Crippen molar-refractivity contribution < 1.29 is 8.42 Å². The van der Waals surface area contributed by atoms with E-state index in [0.717, 1.165) is 31.5 Å². The number of benzene rings is 1. The lowest BCUT2D eigenvalue weighted by molar-refractivity contribution is 0.310. The zero-order chi connectivity index (χ0) is 17.2. The molecule has 1 saturated heterocycles. The van der Waals surface area contributed by atoms with Gasteiger partial charge < -0.3 is 4.57 Å². The van der Waals surface area contributed by atoms with E-state index in [1.165, 1.54) is 5.56 Å². The molecule has 24 heavy (non-hydrogen) atoms. The SMILES string of the molecule is CCCc1ccc(S(=O)(=O)N2CCC(c3nncn3C)CC2)cc1. The molecule has 3 rings (SSSR count). The fraction of sp³-hybridized carbons (Fsp3) is 0.529. The van der Waals surface area contributed by atoms with Crippen LogP contribution >= 0.6 is 0 Å². The Bertz CT molecular complexity index is 775. The second kappa shape index (κ2) is 7.03. The average Bonchev–Trinajstić information content (AvgIpc) is 3.02. The summed E-state index contributed by atoms with van der Waals surface area (Å²) in [6, 6.07) is 7.30. The van der Waals surface area contributed by atoms with Crippen LogP contribution in [0.25, 0.3) is 0 Å². The van der Waals surface area contributed by atoms with E-state index in [-0.39, 0.29) is 5.92 Å². The first kappa shape index (κ1) is 17.1. The summed E-state index contributed by atoms with van der Waals surface area (Å²) < 4.78 is 29.1. The van der Waals surface area contributed by atoms with Crippen LogP contribution in [0.3, 0.4) is 0 Å². The number of hydrogen-bond acceptors (Lipinski definition) is 4. The van der Waals surface area contributed by atoms with Gasteiger partial charge in [-0.2, -0.15) is 4.31 Å². The molecule has 0 amide bonds. The van der Waals surface area contributed by atoms with Crippen LogP contribution in [0.4, 0.5) is 0 Å². The smallest absolute Gasteiger partial charge is 0.243 e. The highest BCUT2D eigenvalue weighted by Gasteiger charge is 2.31. The Balaban J connectivity index is 1.69. The van der Waals surface area contributed by atoms with Crippen LogP contribution in [0.15, 0.2) is 35.5 Å². The average molecular weight is 348 g/mol. The highest BCUT2D eigenvalue weighted by Crippen LogP contribution is 2.29. The Kier molecular flexibility index (Phi) is 5.01. The number of aromatic nitrogens is 3. The van der Waals surface area contributed by atoms with E-state index in [4.69, 9.17) is 0 Å². The normalized spacial score (nSPS) is 17.2. The van der Waals surface area contributed by atoms with Gasteiger partial charge in [0.05, 0.1) is 4.90 Å². The summed E-state index contributed by atoms with van der Waals surface area (Å²) in [5.41, 5.74) is 1.18. The molecule has 6 nitrogen and oxygen atoms in total. The van der Waals surface area contributed by atoms with Gasteiger partial charge in [0, 0.05) is 26.1 Å². The number of piperidine rings is 1. The Labute approximate surface area is 143 Å². The lowest BCUT2D eigenvalue weighted by Crippen LogP contribution is -2.38. The van der Waals surface area contributed by atoms with E-state index >= 15 is 0 Å². The molecule has 1 aliphatic rings. The van der Waals surface area contributed by atoms with Gasteiger partial charge >= 0.3 is 0 Å². The first-order valence-corrected chi connectivity index (χ1v) is 9.89. The molecule has 0 bridgehead atoms. The zero-order valence-corrected chi connectivity index (χ0v) is 15.0. The predicted octanol–water partition coefficient (Wildman–Crippen LogP) is 2.34. The second-order valence-corrected chi connectivity index (χ2v) is 8.31. The number of sulfonamides is 1. The molecule has 0 aliphatic carbocycles. The van der Waals surface area contributed by atoms with Gasteiger partial charge in [-0.05, 0) is 37.0 Å². The highest BCUT2D eigenvalue weighted by molar-refractivity contribution is 7.89. The van der Waals surface area contributed by atoms with Crippen molar-refractivity contribution in [2.24, 2.45) is 7.05 Å². The topological polar surface area (TPSA) is 68.1 Å². The van der Waals surface area contributed by atoms with Crippen LogP contribution in [0.2, 0.25) is 0 Å². The van der Waals surface area contributed by atoms with Crippen molar-refractivity contribution in [3.63, 3.8) is 0 Å². The number of nitrogens with zero attached hydrogens (tertiary/aromatic N) is 4. The van der Waals surface area contributed by atoms with Gasteiger partial charge in [-0.25, -0.2) is 8.42 Å². The predicted molar refractivity (Wildman–Crippen MR) is 92.2 cm³/mol. The van der Waals surface area contributed by atoms with Gasteiger partial charge in [-0.15, -0.1) is 10.2 Å². The molecular weight excluding hydrogens is 324 g/mol. The van der Waals surface area contributed by atoms with Crippen LogP contribution in [0.5, 0.6) is 0 Å². The molecule has 130 valence electrons. The van der Waals surface area contributed by atoms with Crippen LogP contribution in [0, 0.1) is 0 Å². The lowest BCUT2D eigenvalue weighted by Gasteiger charge is -2.30. The Hall–Kier alpha value is -1.73. The molecule has 0 atom stereocenters. The molecular formula is C17H24N4O2S. The van der Waals surface area contributed by atoms with Crippen LogP contribution in [0.1, 0.15) is 43.5 Å². The summed E-state index contributed by atoms with van der Waals surface area (Å²) in [6.45, 7) is 3.17. The van der Waals surface area contributed by atoms with Crippen molar-refractivity contribution >= 4 is 10.0 Å². The minimum Gasteiger partial charge on any atom is -0.320 e. The Morgan fingerprint density at radius 3 is 2.38 bits per heavy atom. The first-order chi connectivity index (χ1) is 11.5. The van der Waals surface area contributed by atoms with E-state index in [0.29, 0.717) is 18.0 Å². The number of aryl methyl sites for hydroxylation is 2. The second-order valence-electron chi connectivity index (χ2n) is 6.37. The van der Waals surface area contributed by atoms with Gasteiger partial charge in [0.2, 0.25) is 10.0 Å². The van der Waals surface area contributed by atoms with E-state index in [9.17, 15) is 8.42 Å². The maximum Gasteiger partial charge on any atom is 0.243 e. The number of hydrogen-bond donors (Lipinski definition) is 0. The molecule has 1 aliphatic heterocycles. The van der Waals surface area contributed by atoms with Crippen molar-refractivity contribution in [2.75, 3.05) is 13.1 Å². The molecule has 2 heterocycles. The summed E-state index contributed by atoms with van der Waals surface area (Å²) in [7, 11) is -1.48. The van der Waals surface area contributed by atoms with Gasteiger partial charge in [-0.3, -0.25) is 0 Å². The maximum absolute atomic E-state index is 12.8. The van der Waals surface area contributed by atoms with Gasteiger partial charge in [0.15, 0.2) is 0 Å². The molecule has 0 N–H and O–H groups in total. The summed E-state index contributed by atoms with van der Waals surface area (Å²) in [6.07, 6.45) is 5.28. The van der Waals surface area contributed by atoms with E-state index in [2.05, 4.69) is 17.1 Å². The Morgan fingerprint density at radius 1 is 1.17 bits per heavy atom. The zero-order valence-electron chi connectivity index (χ0n) is 14.2. The largest absolute Gasteiger partial charge is 0.320 e. The fourth-order valence-corrected chi connectivity index (χ4v) is 4.75. The molecule has 0 unspecified atom stereocenters. The van der Waals surface area contributed by atoms with Crippen molar-refractivity contribution in [1.29, 1.82) is 0 Å². The summed E-state index contributed by atoms with van der Waals surface area (Å²) >= 11 is 0. The number of rotatable bonds is 5. The molecule has 7 heteroatoms. The maximum atomic E-state index is 12.8. The van der Waals surface area contributed by atoms with E-state index in [1.54, 1.807) is 22.8 Å². The third-order valence-corrected chi connectivity index (χ3v) is 6.58. The molecule has 0 saturated carbocycles. The highest BCUT2D eigenvalue weighted by atomic mass is 32.2. The minimum absolute atomic E-state index is 0.274. The Morgan fingerprint density at radius 2 is 1.83 bits per heavy atom. The summed E-state index contributed by atoms with van der Waals surface area (Å²) in [5, 5.41) is 8.07. The van der Waals surface area contributed by atoms with Gasteiger partial charge in [-0.1, -0.05) is 25.5 Å². The summed E-state index contributed by atoms with van der Waals surface area (Å²) in [5.74, 6) is 1.21. The fourth-order valence-electron chi connectivity index (χ4n) is 3.28. The molecule has 1 aromatic carbocycles. The lowest BCUT2D eigenvalue weighted by atomic mass is 9.97. The molecule has 2 aromatic rings. The van der Waals surface area contributed by atoms with Gasteiger partial charge in [0.1, 0.15) is 12.2 Å². The third-order valence-electron chi connectivity index (χ3n) is 4.67. The van der Waals surface area contributed by atoms with E-state index < -0.39 is 10.0 Å². The van der Waals surface area contributed by atoms with Crippen molar-refractivity contribution in [3.05, 3.63) is 42.0 Å². The van der Waals surface area contributed by atoms with Gasteiger partial charge in [0.25, 0.3) is 0 Å². The van der Waals surface area contributed by atoms with Crippen molar-refractivity contribution in [2.45, 2.75) is 43.4 Å². The van der Waals surface area contributed by atoms with Crippen LogP contribution in [-0.2, 0) is 23.5 Å². The molecule has 1 aromatic heterocycles. The minimum atomic E-state index is -3.41. The van der Waals surface area contributed by atoms with Crippen molar-refractivity contribution in [1.82, 2.24) is 19.1 Å². The molecule has 0 radical (unpaired) electrons. The van der Waals surface area contributed by atoms with E-state index in [1.807, 2.05) is 23.7 Å². The molecule has 0 spiro atoms. The van der Waals surface area contributed by atoms with Crippen LogP contribution in [-0.4, -0.2) is 40.6 Å². The first-order valence-electron chi connectivity index (χ1n) is 8.45. The van der Waals surface area contributed by atoms with Crippen LogP contribution < -0.4 is 0 Å².